The third-order valence-electron chi connectivity index (χ3n) is 5.51. The van der Waals surface area contributed by atoms with Crippen LogP contribution in [0.2, 0.25) is 0 Å². The van der Waals surface area contributed by atoms with Gasteiger partial charge in [-0.25, -0.2) is 23.1 Å². The van der Waals surface area contributed by atoms with Crippen LogP contribution in [0.4, 0.5) is 5.82 Å². The number of rotatable bonds is 5. The van der Waals surface area contributed by atoms with E-state index in [0.717, 1.165) is 54.0 Å². The molecule has 1 aromatic carbocycles. The number of anilines is 1. The number of H-pyrrole nitrogens is 1. The molecule has 8 heteroatoms. The molecule has 29 heavy (non-hydrogen) atoms. The Morgan fingerprint density at radius 1 is 1.14 bits per heavy atom. The number of nitrogens with zero attached hydrogens (tertiary/aromatic N) is 3. The summed E-state index contributed by atoms with van der Waals surface area (Å²) in [5.41, 5.74) is 3.02. The van der Waals surface area contributed by atoms with Crippen molar-refractivity contribution >= 4 is 26.9 Å². The first kappa shape index (κ1) is 19.8. The maximum absolute atomic E-state index is 12.8. The highest BCUT2D eigenvalue weighted by Crippen LogP contribution is 2.27. The number of sulfonamides is 1. The Bertz CT molecular complexity index is 1100. The van der Waals surface area contributed by atoms with Crippen LogP contribution in [0.25, 0.3) is 11.0 Å². The van der Waals surface area contributed by atoms with Crippen LogP contribution in [-0.2, 0) is 10.0 Å². The summed E-state index contributed by atoms with van der Waals surface area (Å²) >= 11 is 0. The van der Waals surface area contributed by atoms with Crippen LogP contribution in [0.15, 0.2) is 41.6 Å². The average Bonchev–Trinajstić information content (AvgIpc) is 3.08. The Labute approximate surface area is 171 Å². The van der Waals surface area contributed by atoms with Crippen molar-refractivity contribution in [3.05, 3.63) is 47.9 Å². The number of aromatic nitrogens is 3. The monoisotopic (exact) mass is 413 g/mol. The molecule has 4 rings (SSSR count). The molecular formula is C21H27N5O2S. The predicted molar refractivity (Wildman–Crippen MR) is 115 cm³/mol. The summed E-state index contributed by atoms with van der Waals surface area (Å²) in [7, 11) is -3.51. The predicted octanol–water partition coefficient (Wildman–Crippen LogP) is 3.34. The number of aryl methyl sites for hydroxylation is 1. The lowest BCUT2D eigenvalue weighted by Crippen LogP contribution is -2.44. The molecule has 0 amide bonds. The average molecular weight is 414 g/mol. The molecule has 0 spiro atoms. The van der Waals surface area contributed by atoms with E-state index in [2.05, 4.69) is 44.5 Å². The van der Waals surface area contributed by atoms with Crippen LogP contribution in [-0.4, -0.2) is 42.5 Å². The Balaban J connectivity index is 1.43. The summed E-state index contributed by atoms with van der Waals surface area (Å²) in [6.45, 7) is 7.68. The second kappa shape index (κ2) is 7.76. The summed E-state index contributed by atoms with van der Waals surface area (Å²) < 4.78 is 28.4. The molecule has 0 atom stereocenters. The molecule has 3 aromatic rings. The van der Waals surface area contributed by atoms with E-state index < -0.39 is 10.0 Å². The standard InChI is InChI=1S/C21H27N5O2S/c1-14(2)16-4-6-18(7-5-16)29(27,28)25-17-8-10-26(11-9-17)21-19-12-15(3)24-20(19)22-13-23-21/h4-7,12-14,17,25H,8-11H2,1-3H3,(H,22,23,24). The van der Waals surface area contributed by atoms with Crippen molar-refractivity contribution in [1.82, 2.24) is 19.7 Å². The van der Waals surface area contributed by atoms with Crippen molar-refractivity contribution in [3.8, 4) is 0 Å². The van der Waals surface area contributed by atoms with Gasteiger partial charge in [-0.15, -0.1) is 0 Å². The van der Waals surface area contributed by atoms with Crippen LogP contribution in [0.1, 0.15) is 43.9 Å². The molecule has 2 aromatic heterocycles. The van der Waals surface area contributed by atoms with Gasteiger partial charge in [0, 0.05) is 24.8 Å². The van der Waals surface area contributed by atoms with Gasteiger partial charge in [0.05, 0.1) is 10.3 Å². The molecule has 0 unspecified atom stereocenters. The van der Waals surface area contributed by atoms with Crippen LogP contribution in [0, 0.1) is 6.92 Å². The van der Waals surface area contributed by atoms with E-state index in [9.17, 15) is 8.42 Å². The van der Waals surface area contributed by atoms with Gasteiger partial charge in [0.15, 0.2) is 0 Å². The van der Waals surface area contributed by atoms with Crippen molar-refractivity contribution in [2.24, 2.45) is 0 Å². The molecule has 1 saturated heterocycles. The minimum Gasteiger partial charge on any atom is -0.356 e. The minimum atomic E-state index is -3.51. The van der Waals surface area contributed by atoms with Crippen molar-refractivity contribution < 1.29 is 8.42 Å². The molecule has 0 saturated carbocycles. The summed E-state index contributed by atoms with van der Waals surface area (Å²) in [6, 6.07) is 9.14. The highest BCUT2D eigenvalue weighted by molar-refractivity contribution is 7.89. The number of hydrogen-bond donors (Lipinski definition) is 2. The van der Waals surface area contributed by atoms with Crippen LogP contribution < -0.4 is 9.62 Å². The van der Waals surface area contributed by atoms with Gasteiger partial charge in [-0.1, -0.05) is 26.0 Å². The smallest absolute Gasteiger partial charge is 0.240 e. The third-order valence-corrected chi connectivity index (χ3v) is 7.05. The maximum Gasteiger partial charge on any atom is 0.240 e. The van der Waals surface area contributed by atoms with Gasteiger partial charge >= 0.3 is 0 Å². The van der Waals surface area contributed by atoms with Gasteiger partial charge in [0.25, 0.3) is 0 Å². The van der Waals surface area contributed by atoms with Gasteiger partial charge < -0.3 is 9.88 Å². The molecule has 0 aliphatic carbocycles. The van der Waals surface area contributed by atoms with Gasteiger partial charge in [0.1, 0.15) is 17.8 Å². The van der Waals surface area contributed by atoms with E-state index in [0.29, 0.717) is 10.8 Å². The largest absolute Gasteiger partial charge is 0.356 e. The zero-order valence-electron chi connectivity index (χ0n) is 17.0. The molecule has 1 fully saturated rings. The molecule has 154 valence electrons. The number of hydrogen-bond acceptors (Lipinski definition) is 5. The second-order valence-corrected chi connectivity index (χ2v) is 9.73. The molecule has 3 heterocycles. The zero-order valence-corrected chi connectivity index (χ0v) is 17.8. The third kappa shape index (κ3) is 4.13. The van der Waals surface area contributed by atoms with Crippen molar-refractivity contribution in [3.63, 3.8) is 0 Å². The topological polar surface area (TPSA) is 91.0 Å². The van der Waals surface area contributed by atoms with Gasteiger partial charge in [-0.2, -0.15) is 0 Å². The van der Waals surface area contributed by atoms with E-state index in [1.54, 1.807) is 18.5 Å². The van der Waals surface area contributed by atoms with Gasteiger partial charge in [-0.3, -0.25) is 0 Å². The highest BCUT2D eigenvalue weighted by Gasteiger charge is 2.26. The molecular weight excluding hydrogens is 386 g/mol. The molecule has 0 radical (unpaired) electrons. The quantitative estimate of drug-likeness (QED) is 0.669. The van der Waals surface area contributed by atoms with Gasteiger partial charge in [-0.05, 0) is 49.4 Å². The highest BCUT2D eigenvalue weighted by atomic mass is 32.2. The second-order valence-electron chi connectivity index (χ2n) is 8.02. The number of aromatic amines is 1. The first-order valence-corrected chi connectivity index (χ1v) is 11.5. The lowest BCUT2D eigenvalue weighted by Gasteiger charge is -2.33. The Morgan fingerprint density at radius 3 is 2.48 bits per heavy atom. The van der Waals surface area contributed by atoms with E-state index in [1.807, 2.05) is 19.1 Å². The van der Waals surface area contributed by atoms with Crippen molar-refractivity contribution in [2.45, 2.75) is 50.5 Å². The number of piperidine rings is 1. The minimum absolute atomic E-state index is 0.0775. The van der Waals surface area contributed by atoms with E-state index in [4.69, 9.17) is 0 Å². The fourth-order valence-electron chi connectivity index (χ4n) is 3.84. The maximum atomic E-state index is 12.8. The van der Waals surface area contributed by atoms with Crippen LogP contribution in [0.5, 0.6) is 0 Å². The summed E-state index contributed by atoms with van der Waals surface area (Å²) in [6.07, 6.45) is 3.04. The molecule has 7 nitrogen and oxygen atoms in total. The molecule has 1 aliphatic rings. The lowest BCUT2D eigenvalue weighted by atomic mass is 10.0. The first-order valence-electron chi connectivity index (χ1n) is 10.0. The fourth-order valence-corrected chi connectivity index (χ4v) is 5.14. The zero-order chi connectivity index (χ0) is 20.6. The molecule has 0 bridgehead atoms. The first-order chi connectivity index (χ1) is 13.8. The van der Waals surface area contributed by atoms with E-state index in [1.165, 1.54) is 0 Å². The summed E-state index contributed by atoms with van der Waals surface area (Å²) in [5, 5.41) is 1.01. The van der Waals surface area contributed by atoms with Crippen LogP contribution in [0.3, 0.4) is 0 Å². The Morgan fingerprint density at radius 2 is 1.83 bits per heavy atom. The van der Waals surface area contributed by atoms with Crippen molar-refractivity contribution in [2.75, 3.05) is 18.0 Å². The SMILES string of the molecule is Cc1cc2c(N3CCC(NS(=O)(=O)c4ccc(C(C)C)cc4)CC3)ncnc2[nH]1. The number of nitrogens with one attached hydrogen (secondary N) is 2. The Kier molecular flexibility index (Phi) is 5.31. The van der Waals surface area contributed by atoms with Crippen molar-refractivity contribution in [1.29, 1.82) is 0 Å². The molecule has 2 N–H and O–H groups in total. The number of benzene rings is 1. The Hall–Kier alpha value is -2.45. The summed E-state index contributed by atoms with van der Waals surface area (Å²) in [5.74, 6) is 1.28. The lowest BCUT2D eigenvalue weighted by molar-refractivity contribution is 0.459. The van der Waals surface area contributed by atoms with Crippen LogP contribution >= 0.6 is 0 Å². The normalized spacial score (nSPS) is 16.1. The molecule has 1 aliphatic heterocycles. The number of fused-ring (bicyclic) bond motifs is 1. The van der Waals surface area contributed by atoms with E-state index in [-0.39, 0.29) is 6.04 Å². The fraction of sp³-hybridized carbons (Fsp3) is 0.429. The van der Waals surface area contributed by atoms with E-state index >= 15 is 0 Å². The van der Waals surface area contributed by atoms with Gasteiger partial charge in [0.2, 0.25) is 10.0 Å². The summed E-state index contributed by atoms with van der Waals surface area (Å²) in [4.78, 5) is 14.5.